The second kappa shape index (κ2) is 2.24. The molecule has 1 aliphatic rings. The molecule has 2 nitrogen and oxygen atoms in total. The molecule has 1 aliphatic carbocycles. The number of nitrogens with two attached hydrogens (primary N) is 1. The van der Waals surface area contributed by atoms with Crippen molar-refractivity contribution in [3.8, 4) is 0 Å². The van der Waals surface area contributed by atoms with E-state index in [0.717, 1.165) is 24.1 Å². The first-order valence-corrected chi connectivity index (χ1v) is 3.84. The molecule has 2 rings (SSSR count). The van der Waals surface area contributed by atoms with Gasteiger partial charge in [-0.3, -0.25) is 0 Å². The van der Waals surface area contributed by atoms with E-state index < -0.39 is 0 Å². The summed E-state index contributed by atoms with van der Waals surface area (Å²) in [7, 11) is 0. The summed E-state index contributed by atoms with van der Waals surface area (Å²) in [6.07, 6.45) is 1.55. The van der Waals surface area contributed by atoms with Crippen molar-refractivity contribution in [2.45, 2.75) is 18.9 Å². The van der Waals surface area contributed by atoms with Crippen LogP contribution >= 0.6 is 0 Å². The van der Waals surface area contributed by atoms with E-state index >= 15 is 0 Å². The first-order valence-electron chi connectivity index (χ1n) is 3.84. The molecule has 0 aliphatic heterocycles. The van der Waals surface area contributed by atoms with Crippen molar-refractivity contribution in [1.29, 1.82) is 0 Å². The van der Waals surface area contributed by atoms with Crippen molar-refractivity contribution < 1.29 is 5.11 Å². The molecular formula is C9H11NO. The van der Waals surface area contributed by atoms with Crippen LogP contribution < -0.4 is 5.73 Å². The number of fused-ring (bicyclic) bond motifs is 1. The number of aliphatic hydroxyl groups is 1. The minimum absolute atomic E-state index is 0.259. The van der Waals surface area contributed by atoms with Crippen LogP contribution in [0.15, 0.2) is 18.2 Å². The highest BCUT2D eigenvalue weighted by molar-refractivity contribution is 5.47. The normalized spacial score (nSPS) is 21.7. The fraction of sp³-hybridized carbons (Fsp3) is 0.333. The molecule has 0 spiro atoms. The van der Waals surface area contributed by atoms with Crippen LogP contribution in [0.4, 0.5) is 5.69 Å². The SMILES string of the molecule is Nc1ccc2c(c1)CC[C@H]2O. The van der Waals surface area contributed by atoms with Gasteiger partial charge in [-0.1, -0.05) is 6.07 Å². The summed E-state index contributed by atoms with van der Waals surface area (Å²) < 4.78 is 0. The highest BCUT2D eigenvalue weighted by Gasteiger charge is 2.19. The Bertz CT molecular complexity index is 283. The zero-order valence-corrected chi connectivity index (χ0v) is 6.25. The molecule has 0 saturated heterocycles. The first kappa shape index (κ1) is 6.68. The Kier molecular flexibility index (Phi) is 1.36. The standard InChI is InChI=1S/C9H11NO/c10-7-2-3-8-6(5-7)1-4-9(8)11/h2-3,5,9,11H,1,4,10H2/t9-/m1/s1. The Hall–Kier alpha value is -1.02. The van der Waals surface area contributed by atoms with Crippen LogP contribution in [0.2, 0.25) is 0 Å². The molecule has 0 radical (unpaired) electrons. The lowest BCUT2D eigenvalue weighted by Gasteiger charge is -2.02. The summed E-state index contributed by atoms with van der Waals surface area (Å²) in [5.41, 5.74) is 8.65. The van der Waals surface area contributed by atoms with E-state index in [1.165, 1.54) is 5.56 Å². The average molecular weight is 149 g/mol. The third-order valence-electron chi connectivity index (χ3n) is 2.21. The van der Waals surface area contributed by atoms with E-state index in [1.807, 2.05) is 18.2 Å². The summed E-state index contributed by atoms with van der Waals surface area (Å²) in [5.74, 6) is 0. The number of nitrogen functional groups attached to an aromatic ring is 1. The van der Waals surface area contributed by atoms with Crippen LogP contribution in [-0.2, 0) is 6.42 Å². The lowest BCUT2D eigenvalue weighted by molar-refractivity contribution is 0.180. The molecule has 2 heteroatoms. The maximum absolute atomic E-state index is 9.43. The zero-order valence-electron chi connectivity index (χ0n) is 6.25. The molecular weight excluding hydrogens is 138 g/mol. The van der Waals surface area contributed by atoms with E-state index in [2.05, 4.69) is 0 Å². The molecule has 0 aromatic heterocycles. The van der Waals surface area contributed by atoms with E-state index in [1.54, 1.807) is 0 Å². The molecule has 1 atom stereocenters. The molecule has 0 fully saturated rings. The molecule has 0 heterocycles. The molecule has 0 amide bonds. The Labute approximate surface area is 65.7 Å². The smallest absolute Gasteiger partial charge is 0.0795 e. The third-order valence-corrected chi connectivity index (χ3v) is 2.21. The van der Waals surface area contributed by atoms with Crippen LogP contribution in [0.1, 0.15) is 23.7 Å². The van der Waals surface area contributed by atoms with Gasteiger partial charge in [0.25, 0.3) is 0 Å². The molecule has 0 saturated carbocycles. The number of hydrogen-bond donors (Lipinski definition) is 2. The molecule has 0 bridgehead atoms. The van der Waals surface area contributed by atoms with Gasteiger partial charge in [0.05, 0.1) is 6.10 Å². The predicted molar refractivity (Wildman–Crippen MR) is 44.1 cm³/mol. The molecule has 0 unspecified atom stereocenters. The van der Waals surface area contributed by atoms with Gasteiger partial charge in [-0.25, -0.2) is 0 Å². The van der Waals surface area contributed by atoms with Crippen molar-refractivity contribution in [3.05, 3.63) is 29.3 Å². The van der Waals surface area contributed by atoms with Gasteiger partial charge in [-0.2, -0.15) is 0 Å². The molecule has 3 N–H and O–H groups in total. The second-order valence-electron chi connectivity index (χ2n) is 3.01. The van der Waals surface area contributed by atoms with E-state index in [4.69, 9.17) is 5.73 Å². The molecule has 1 aromatic carbocycles. The van der Waals surface area contributed by atoms with E-state index in [0.29, 0.717) is 0 Å². The van der Waals surface area contributed by atoms with Gasteiger partial charge in [0.2, 0.25) is 0 Å². The maximum atomic E-state index is 9.43. The van der Waals surface area contributed by atoms with Crippen molar-refractivity contribution in [3.63, 3.8) is 0 Å². The number of aliphatic hydroxyl groups excluding tert-OH is 1. The second-order valence-corrected chi connectivity index (χ2v) is 3.01. The van der Waals surface area contributed by atoms with Gasteiger partial charge >= 0.3 is 0 Å². The Morgan fingerprint density at radius 1 is 1.45 bits per heavy atom. The summed E-state index contributed by atoms with van der Waals surface area (Å²) in [4.78, 5) is 0. The average Bonchev–Trinajstić information content (AvgIpc) is 2.32. The summed E-state index contributed by atoms with van der Waals surface area (Å²) in [5, 5.41) is 9.43. The fourth-order valence-electron chi connectivity index (χ4n) is 1.61. The number of hydrogen-bond acceptors (Lipinski definition) is 2. The Morgan fingerprint density at radius 3 is 3.09 bits per heavy atom. The van der Waals surface area contributed by atoms with E-state index in [-0.39, 0.29) is 6.10 Å². The first-order chi connectivity index (χ1) is 5.27. The molecule has 58 valence electrons. The van der Waals surface area contributed by atoms with Crippen LogP contribution in [0, 0.1) is 0 Å². The van der Waals surface area contributed by atoms with Crippen LogP contribution in [0.5, 0.6) is 0 Å². The largest absolute Gasteiger partial charge is 0.399 e. The Morgan fingerprint density at radius 2 is 2.27 bits per heavy atom. The van der Waals surface area contributed by atoms with Gasteiger partial charge in [0.15, 0.2) is 0 Å². The minimum Gasteiger partial charge on any atom is -0.399 e. The van der Waals surface area contributed by atoms with Crippen molar-refractivity contribution in [2.24, 2.45) is 0 Å². The summed E-state index contributed by atoms with van der Waals surface area (Å²) in [6, 6.07) is 5.71. The van der Waals surface area contributed by atoms with Gasteiger partial charge in [-0.15, -0.1) is 0 Å². The summed E-state index contributed by atoms with van der Waals surface area (Å²) >= 11 is 0. The zero-order chi connectivity index (χ0) is 7.84. The van der Waals surface area contributed by atoms with Gasteiger partial charge in [0.1, 0.15) is 0 Å². The van der Waals surface area contributed by atoms with Crippen molar-refractivity contribution in [1.82, 2.24) is 0 Å². The lowest BCUT2D eigenvalue weighted by atomic mass is 10.1. The number of benzene rings is 1. The van der Waals surface area contributed by atoms with Crippen molar-refractivity contribution in [2.75, 3.05) is 5.73 Å². The molecule has 1 aromatic rings. The number of aryl methyl sites for hydroxylation is 1. The van der Waals surface area contributed by atoms with Crippen molar-refractivity contribution >= 4 is 5.69 Å². The number of rotatable bonds is 0. The minimum atomic E-state index is -0.259. The topological polar surface area (TPSA) is 46.2 Å². The van der Waals surface area contributed by atoms with Gasteiger partial charge in [-0.05, 0) is 36.1 Å². The quantitative estimate of drug-likeness (QED) is 0.545. The molecule has 11 heavy (non-hydrogen) atoms. The van der Waals surface area contributed by atoms with Gasteiger partial charge < -0.3 is 10.8 Å². The maximum Gasteiger partial charge on any atom is 0.0795 e. The third kappa shape index (κ3) is 0.994. The van der Waals surface area contributed by atoms with Crippen LogP contribution in [0.3, 0.4) is 0 Å². The van der Waals surface area contributed by atoms with Crippen LogP contribution in [0.25, 0.3) is 0 Å². The highest BCUT2D eigenvalue weighted by Crippen LogP contribution is 2.31. The fourth-order valence-corrected chi connectivity index (χ4v) is 1.61. The van der Waals surface area contributed by atoms with Gasteiger partial charge in [0, 0.05) is 5.69 Å². The van der Waals surface area contributed by atoms with Crippen LogP contribution in [-0.4, -0.2) is 5.11 Å². The summed E-state index contributed by atoms with van der Waals surface area (Å²) in [6.45, 7) is 0. The lowest BCUT2D eigenvalue weighted by Crippen LogP contribution is -1.91. The van der Waals surface area contributed by atoms with E-state index in [9.17, 15) is 5.11 Å². The predicted octanol–water partition coefficient (Wildman–Crippen LogP) is 1.25. The monoisotopic (exact) mass is 149 g/mol. The number of anilines is 1. The Balaban J connectivity index is 2.50. The highest BCUT2D eigenvalue weighted by atomic mass is 16.3.